The van der Waals surface area contributed by atoms with Crippen molar-refractivity contribution in [1.29, 1.82) is 0 Å². The summed E-state index contributed by atoms with van der Waals surface area (Å²) in [5.74, 6) is 1.04. The molecule has 1 amide bonds. The van der Waals surface area contributed by atoms with E-state index in [0.717, 1.165) is 51.5 Å². The van der Waals surface area contributed by atoms with Crippen LogP contribution in [0.1, 0.15) is 43.7 Å². The fraction of sp³-hybridized carbons (Fsp3) is 0.667. The molecule has 0 aromatic heterocycles. The van der Waals surface area contributed by atoms with Crippen LogP contribution in [-0.2, 0) is 11.3 Å². The van der Waals surface area contributed by atoms with Crippen molar-refractivity contribution < 1.29 is 4.79 Å². The van der Waals surface area contributed by atoms with Gasteiger partial charge < -0.3 is 5.32 Å². The van der Waals surface area contributed by atoms with Crippen LogP contribution < -0.4 is 5.32 Å². The lowest BCUT2D eigenvalue weighted by Crippen LogP contribution is -2.50. The molecule has 1 N–H and O–H groups in total. The summed E-state index contributed by atoms with van der Waals surface area (Å²) in [6.07, 6.45) is 4.80. The molecule has 2 aliphatic rings. The molecule has 2 fully saturated rings. The van der Waals surface area contributed by atoms with Crippen molar-refractivity contribution in [2.75, 3.05) is 32.7 Å². The molecule has 1 saturated carbocycles. The van der Waals surface area contributed by atoms with E-state index in [1.165, 1.54) is 24.0 Å². The summed E-state index contributed by atoms with van der Waals surface area (Å²) in [4.78, 5) is 17.1. The van der Waals surface area contributed by atoms with E-state index in [1.807, 2.05) is 0 Å². The number of aryl methyl sites for hydroxylation is 1. The summed E-state index contributed by atoms with van der Waals surface area (Å²) >= 11 is 0. The van der Waals surface area contributed by atoms with Gasteiger partial charge in [-0.25, -0.2) is 0 Å². The van der Waals surface area contributed by atoms with E-state index in [-0.39, 0.29) is 5.91 Å². The number of hydrogen-bond donors (Lipinski definition) is 1. The average Bonchev–Trinajstić information content (AvgIpc) is 2.61. The van der Waals surface area contributed by atoms with Gasteiger partial charge in [0.05, 0.1) is 6.54 Å². The summed E-state index contributed by atoms with van der Waals surface area (Å²) in [5.41, 5.74) is 2.78. The first-order chi connectivity index (χ1) is 12.1. The fourth-order valence-electron chi connectivity index (χ4n) is 4.01. The standard InChI is InChI=1S/C21H33N3O/c1-17-7-9-20(10-8-17)22-21(25)16-24-13-11-23(12-14-24)15-19-6-4-3-5-18(19)2/h3-6,17,20H,7-16H2,1-2H3,(H,22,25). The molecule has 0 radical (unpaired) electrons. The Bertz CT molecular complexity index is 558. The monoisotopic (exact) mass is 343 g/mol. The van der Waals surface area contributed by atoms with Crippen molar-refractivity contribution in [3.63, 3.8) is 0 Å². The number of hydrogen-bond acceptors (Lipinski definition) is 3. The van der Waals surface area contributed by atoms with Crippen LogP contribution in [0.5, 0.6) is 0 Å². The van der Waals surface area contributed by atoms with Gasteiger partial charge in [0.15, 0.2) is 0 Å². The average molecular weight is 344 g/mol. The lowest BCUT2D eigenvalue weighted by molar-refractivity contribution is -0.123. The Hall–Kier alpha value is -1.39. The van der Waals surface area contributed by atoms with E-state index in [9.17, 15) is 4.79 Å². The maximum Gasteiger partial charge on any atom is 0.234 e. The van der Waals surface area contributed by atoms with Gasteiger partial charge in [-0.15, -0.1) is 0 Å². The molecule has 0 spiro atoms. The first kappa shape index (κ1) is 18.4. The van der Waals surface area contributed by atoms with Crippen LogP contribution in [0.4, 0.5) is 0 Å². The number of carbonyl (C=O) groups is 1. The Kier molecular flexibility index (Phi) is 6.49. The van der Waals surface area contributed by atoms with Gasteiger partial charge in [-0.3, -0.25) is 14.6 Å². The van der Waals surface area contributed by atoms with Gasteiger partial charge in [0.25, 0.3) is 0 Å². The van der Waals surface area contributed by atoms with Crippen LogP contribution in [0.3, 0.4) is 0 Å². The third-order valence-electron chi connectivity index (χ3n) is 5.87. The summed E-state index contributed by atoms with van der Waals surface area (Å²) in [6, 6.07) is 9.03. The largest absolute Gasteiger partial charge is 0.352 e. The number of nitrogens with zero attached hydrogens (tertiary/aromatic N) is 2. The second-order valence-corrected chi connectivity index (χ2v) is 8.00. The molecular weight excluding hydrogens is 310 g/mol. The van der Waals surface area contributed by atoms with E-state index in [0.29, 0.717) is 12.6 Å². The van der Waals surface area contributed by atoms with Crippen molar-refractivity contribution in [2.24, 2.45) is 5.92 Å². The van der Waals surface area contributed by atoms with Crippen LogP contribution in [-0.4, -0.2) is 54.5 Å². The molecule has 4 heteroatoms. The number of amides is 1. The number of benzene rings is 1. The first-order valence-corrected chi connectivity index (χ1v) is 9.88. The fourth-order valence-corrected chi connectivity index (χ4v) is 4.01. The molecule has 0 unspecified atom stereocenters. The van der Waals surface area contributed by atoms with Gasteiger partial charge in [-0.2, -0.15) is 0 Å². The SMILES string of the molecule is Cc1ccccc1CN1CCN(CC(=O)NC2CCC(C)CC2)CC1. The Morgan fingerprint density at radius 3 is 2.36 bits per heavy atom. The van der Waals surface area contributed by atoms with E-state index in [1.54, 1.807) is 0 Å². The molecular formula is C21H33N3O. The van der Waals surface area contributed by atoms with E-state index < -0.39 is 0 Å². The summed E-state index contributed by atoms with van der Waals surface area (Å²) in [6.45, 7) is 10.1. The molecule has 1 aromatic carbocycles. The number of carbonyl (C=O) groups excluding carboxylic acids is 1. The predicted octanol–water partition coefficient (Wildman–Crippen LogP) is 2.81. The molecule has 1 aromatic rings. The van der Waals surface area contributed by atoms with Gasteiger partial charge in [0.1, 0.15) is 0 Å². The maximum absolute atomic E-state index is 12.3. The lowest BCUT2D eigenvalue weighted by atomic mass is 9.87. The maximum atomic E-state index is 12.3. The molecule has 0 bridgehead atoms. The highest BCUT2D eigenvalue weighted by Gasteiger charge is 2.22. The molecule has 1 saturated heterocycles. The van der Waals surface area contributed by atoms with Crippen LogP contribution in [0.2, 0.25) is 0 Å². The van der Waals surface area contributed by atoms with Crippen molar-refractivity contribution in [3.8, 4) is 0 Å². The van der Waals surface area contributed by atoms with Gasteiger partial charge in [-0.05, 0) is 49.7 Å². The molecule has 1 aliphatic heterocycles. The topological polar surface area (TPSA) is 35.6 Å². The smallest absolute Gasteiger partial charge is 0.234 e. The predicted molar refractivity (Wildman–Crippen MR) is 102 cm³/mol. The summed E-state index contributed by atoms with van der Waals surface area (Å²) in [5, 5.41) is 3.25. The Balaban J connectivity index is 1.37. The van der Waals surface area contributed by atoms with Crippen molar-refractivity contribution in [3.05, 3.63) is 35.4 Å². The summed E-state index contributed by atoms with van der Waals surface area (Å²) < 4.78 is 0. The van der Waals surface area contributed by atoms with Crippen molar-refractivity contribution >= 4 is 5.91 Å². The zero-order chi connectivity index (χ0) is 17.6. The molecule has 4 nitrogen and oxygen atoms in total. The Morgan fingerprint density at radius 1 is 1.04 bits per heavy atom. The second-order valence-electron chi connectivity index (χ2n) is 8.00. The summed E-state index contributed by atoms with van der Waals surface area (Å²) in [7, 11) is 0. The van der Waals surface area contributed by atoms with E-state index >= 15 is 0 Å². The van der Waals surface area contributed by atoms with E-state index in [4.69, 9.17) is 0 Å². The zero-order valence-electron chi connectivity index (χ0n) is 15.8. The van der Waals surface area contributed by atoms with Gasteiger partial charge >= 0.3 is 0 Å². The van der Waals surface area contributed by atoms with Gasteiger partial charge in [0, 0.05) is 38.8 Å². The van der Waals surface area contributed by atoms with Crippen LogP contribution in [0.15, 0.2) is 24.3 Å². The van der Waals surface area contributed by atoms with E-state index in [2.05, 4.69) is 53.2 Å². The molecule has 0 atom stereocenters. The molecule has 25 heavy (non-hydrogen) atoms. The first-order valence-electron chi connectivity index (χ1n) is 9.88. The molecule has 3 rings (SSSR count). The normalized spacial score (nSPS) is 25.7. The number of piperazine rings is 1. The second kappa shape index (κ2) is 8.81. The minimum absolute atomic E-state index is 0.215. The van der Waals surface area contributed by atoms with Crippen LogP contribution in [0, 0.1) is 12.8 Å². The minimum Gasteiger partial charge on any atom is -0.352 e. The lowest BCUT2D eigenvalue weighted by Gasteiger charge is -2.35. The highest BCUT2D eigenvalue weighted by molar-refractivity contribution is 5.78. The highest BCUT2D eigenvalue weighted by atomic mass is 16.2. The molecule has 138 valence electrons. The quantitative estimate of drug-likeness (QED) is 0.893. The molecule has 1 aliphatic carbocycles. The number of rotatable bonds is 5. The zero-order valence-corrected chi connectivity index (χ0v) is 15.8. The third-order valence-corrected chi connectivity index (χ3v) is 5.87. The molecule has 1 heterocycles. The van der Waals surface area contributed by atoms with Crippen LogP contribution in [0.25, 0.3) is 0 Å². The minimum atomic E-state index is 0.215. The van der Waals surface area contributed by atoms with Gasteiger partial charge in [-0.1, -0.05) is 31.2 Å². The van der Waals surface area contributed by atoms with Crippen LogP contribution >= 0.6 is 0 Å². The van der Waals surface area contributed by atoms with Crippen molar-refractivity contribution in [2.45, 2.75) is 52.1 Å². The Labute approximate surface area is 152 Å². The Morgan fingerprint density at radius 2 is 1.68 bits per heavy atom. The van der Waals surface area contributed by atoms with Crippen molar-refractivity contribution in [1.82, 2.24) is 15.1 Å². The third kappa shape index (κ3) is 5.55. The van der Waals surface area contributed by atoms with Gasteiger partial charge in [0.2, 0.25) is 5.91 Å². The highest BCUT2D eigenvalue weighted by Crippen LogP contribution is 2.23. The number of nitrogens with one attached hydrogen (secondary N) is 1.